The molecule has 3 aromatic rings. The first kappa shape index (κ1) is 48.6. The quantitative estimate of drug-likeness (QED) is 0.0243. The first-order valence-electron chi connectivity index (χ1n) is 18.1. The second-order valence-electron chi connectivity index (χ2n) is 12.0. The third-order valence-electron chi connectivity index (χ3n) is 7.47. The highest BCUT2D eigenvalue weighted by Crippen LogP contribution is 2.33. The van der Waals surface area contributed by atoms with Crippen molar-refractivity contribution in [2.24, 2.45) is 0 Å². The summed E-state index contributed by atoms with van der Waals surface area (Å²) in [4.78, 5) is 72.4. The third-order valence-corrected chi connectivity index (χ3v) is 13.6. The molecule has 1 amide bonds. The fourth-order valence-corrected chi connectivity index (χ4v) is 9.46. The molecular formula is C39H44N4O9S6. The Morgan fingerprint density at radius 2 is 1.12 bits per heavy atom. The van der Waals surface area contributed by atoms with Gasteiger partial charge in [-0.05, 0) is 64.8 Å². The molecule has 310 valence electrons. The van der Waals surface area contributed by atoms with E-state index in [9.17, 15) is 29.2 Å². The minimum absolute atomic E-state index is 0.0282. The fraction of sp³-hybridized carbons (Fsp3) is 0.410. The van der Waals surface area contributed by atoms with Crippen LogP contribution in [0.5, 0.6) is 0 Å². The van der Waals surface area contributed by atoms with Gasteiger partial charge < -0.3 is 23.8 Å². The van der Waals surface area contributed by atoms with Gasteiger partial charge in [0.25, 0.3) is 0 Å². The van der Waals surface area contributed by atoms with Gasteiger partial charge in [0.1, 0.15) is 41.2 Å². The minimum atomic E-state index is -1.01. The van der Waals surface area contributed by atoms with E-state index in [4.69, 9.17) is 31.2 Å². The van der Waals surface area contributed by atoms with E-state index in [0.29, 0.717) is 15.7 Å². The van der Waals surface area contributed by atoms with Crippen LogP contribution in [0.1, 0.15) is 51.0 Å². The van der Waals surface area contributed by atoms with Crippen LogP contribution in [0.3, 0.4) is 0 Å². The largest absolute Gasteiger partial charge is 0.465 e. The Labute approximate surface area is 364 Å². The number of thioether (sulfide) groups is 1. The highest BCUT2D eigenvalue weighted by molar-refractivity contribution is 8.77. The Balaban J connectivity index is 1.41. The molecule has 0 N–H and O–H groups in total. The molecule has 0 spiro atoms. The Morgan fingerprint density at radius 3 is 1.55 bits per heavy atom. The van der Waals surface area contributed by atoms with Crippen LogP contribution >= 0.6 is 67.2 Å². The maximum absolute atomic E-state index is 13.5. The summed E-state index contributed by atoms with van der Waals surface area (Å²) < 4.78 is 20.5. The zero-order chi connectivity index (χ0) is 41.9. The molecule has 2 aromatic heterocycles. The van der Waals surface area contributed by atoms with Gasteiger partial charge in [-0.15, -0.1) is 0 Å². The topological polar surface area (TPSA) is 175 Å². The van der Waals surface area contributed by atoms with Crippen molar-refractivity contribution in [2.45, 2.75) is 60.2 Å². The summed E-state index contributed by atoms with van der Waals surface area (Å²) in [6.45, 7) is 1.66. The lowest BCUT2D eigenvalue weighted by Gasteiger charge is -2.25. The molecule has 1 unspecified atom stereocenters. The molecule has 0 aliphatic heterocycles. The van der Waals surface area contributed by atoms with E-state index < -0.39 is 28.6 Å². The van der Waals surface area contributed by atoms with Gasteiger partial charge in [0.05, 0.1) is 49.0 Å². The van der Waals surface area contributed by atoms with E-state index in [2.05, 4.69) is 16.0 Å². The van der Waals surface area contributed by atoms with Gasteiger partial charge in [-0.25, -0.2) is 9.97 Å². The van der Waals surface area contributed by atoms with Crippen LogP contribution in [-0.2, 0) is 42.9 Å². The summed E-state index contributed by atoms with van der Waals surface area (Å²) in [5, 5.41) is 11.7. The first-order valence-corrected chi connectivity index (χ1v) is 23.9. The lowest BCUT2D eigenvalue weighted by molar-refractivity contribution is -0.152. The van der Waals surface area contributed by atoms with E-state index >= 15 is 0 Å². The number of pyridine rings is 2. The monoisotopic (exact) mass is 904 g/mol. The number of nitrogens with zero attached hydrogens (tertiary/aromatic N) is 4. The van der Waals surface area contributed by atoms with E-state index in [1.165, 1.54) is 59.8 Å². The Kier molecular flexibility index (Phi) is 23.9. The van der Waals surface area contributed by atoms with Gasteiger partial charge in [-0.3, -0.25) is 24.0 Å². The summed E-state index contributed by atoms with van der Waals surface area (Å²) in [7, 11) is 5.92. The number of aromatic nitrogens is 2. The molecule has 0 aliphatic carbocycles. The number of rotatable bonds is 27. The SMILES string of the molecule is CC(C#N)(CCC(=O)N(CCOC(=O)CCC(=O)OCCSSc1ccccn1)CCOC(=O)CCC(=O)OCCSSc1ccccn1)SC(=S)c1ccccc1. The lowest BCUT2D eigenvalue weighted by Crippen LogP contribution is -2.38. The number of ether oxygens (including phenoxy) is 4. The molecule has 0 bridgehead atoms. The van der Waals surface area contributed by atoms with Crippen molar-refractivity contribution in [3.8, 4) is 6.07 Å². The van der Waals surface area contributed by atoms with Gasteiger partial charge in [0.15, 0.2) is 0 Å². The number of carbonyl (C=O) groups is 5. The second kappa shape index (κ2) is 28.6. The van der Waals surface area contributed by atoms with Crippen molar-refractivity contribution < 1.29 is 42.9 Å². The van der Waals surface area contributed by atoms with Crippen LogP contribution in [0.25, 0.3) is 0 Å². The molecule has 0 saturated carbocycles. The van der Waals surface area contributed by atoms with Crippen LogP contribution in [0.15, 0.2) is 89.2 Å². The van der Waals surface area contributed by atoms with Crippen molar-refractivity contribution in [1.29, 1.82) is 5.26 Å². The predicted octanol–water partition coefficient (Wildman–Crippen LogP) is 7.39. The molecule has 13 nitrogen and oxygen atoms in total. The molecule has 2 heterocycles. The molecule has 3 rings (SSSR count). The smallest absolute Gasteiger partial charge is 0.306 e. The van der Waals surface area contributed by atoms with Crippen LogP contribution in [0.2, 0.25) is 0 Å². The zero-order valence-electron chi connectivity index (χ0n) is 31.8. The maximum atomic E-state index is 13.5. The number of esters is 4. The van der Waals surface area contributed by atoms with Crippen molar-refractivity contribution >= 4 is 101 Å². The molecule has 1 aromatic carbocycles. The van der Waals surface area contributed by atoms with Gasteiger partial charge in [0, 0.05) is 30.3 Å². The minimum Gasteiger partial charge on any atom is -0.465 e. The molecule has 0 fully saturated rings. The highest BCUT2D eigenvalue weighted by atomic mass is 33.1. The number of thiocarbonyl (C=S) groups is 1. The summed E-state index contributed by atoms with van der Waals surface area (Å²) in [6.07, 6.45) is 2.79. The Morgan fingerprint density at radius 1 is 0.672 bits per heavy atom. The van der Waals surface area contributed by atoms with Crippen LogP contribution in [0, 0.1) is 11.3 Å². The summed E-state index contributed by atoms with van der Waals surface area (Å²) >= 11 is 6.76. The van der Waals surface area contributed by atoms with E-state index in [-0.39, 0.29) is 83.9 Å². The summed E-state index contributed by atoms with van der Waals surface area (Å²) in [5.74, 6) is -1.62. The number of nitriles is 1. The van der Waals surface area contributed by atoms with Crippen LogP contribution < -0.4 is 0 Å². The standard InChI is InChI=1S/C39H44N4O9S6/c1-39(29-40,56-38(53)30-9-3-2-4-10-30)18-17-33(44)43(21-23-49-34(45)13-15-36(47)51-25-27-54-57-31-11-5-7-19-41-31)22-24-50-35(46)14-16-37(48)52-26-28-55-58-32-12-6-8-20-42-32/h2-12,19-20H,13-18,21-28H2,1H3. The van der Waals surface area contributed by atoms with Gasteiger partial charge in [0.2, 0.25) is 5.91 Å². The first-order chi connectivity index (χ1) is 28.1. The van der Waals surface area contributed by atoms with Gasteiger partial charge in [-0.2, -0.15) is 5.26 Å². The second-order valence-corrected chi connectivity index (χ2v) is 19.1. The van der Waals surface area contributed by atoms with Crippen LogP contribution in [-0.4, -0.2) is 105 Å². The van der Waals surface area contributed by atoms with Crippen molar-refractivity contribution in [3.63, 3.8) is 0 Å². The molecule has 0 aliphatic rings. The third kappa shape index (κ3) is 21.3. The van der Waals surface area contributed by atoms with E-state index in [0.717, 1.165) is 15.6 Å². The van der Waals surface area contributed by atoms with E-state index in [1.807, 2.05) is 66.7 Å². The summed E-state index contributed by atoms with van der Waals surface area (Å²) in [5.41, 5.74) is 0.798. The number of amides is 1. The molecule has 0 radical (unpaired) electrons. The fourth-order valence-electron chi connectivity index (χ4n) is 4.44. The molecule has 1 atom stereocenters. The predicted molar refractivity (Wildman–Crippen MR) is 233 cm³/mol. The van der Waals surface area contributed by atoms with Gasteiger partial charge in [-0.1, -0.05) is 88.0 Å². The van der Waals surface area contributed by atoms with Crippen molar-refractivity contribution in [2.75, 3.05) is 51.0 Å². The molecular weight excluding hydrogens is 861 g/mol. The number of hydrogen-bond donors (Lipinski definition) is 0. The molecule has 0 saturated heterocycles. The maximum Gasteiger partial charge on any atom is 0.306 e. The highest BCUT2D eigenvalue weighted by Gasteiger charge is 2.29. The van der Waals surface area contributed by atoms with Crippen LogP contribution in [0.4, 0.5) is 0 Å². The van der Waals surface area contributed by atoms with Gasteiger partial charge >= 0.3 is 23.9 Å². The van der Waals surface area contributed by atoms with Crippen molar-refractivity contribution in [1.82, 2.24) is 14.9 Å². The Bertz CT molecular complexity index is 1710. The average molecular weight is 905 g/mol. The summed E-state index contributed by atoms with van der Waals surface area (Å²) in [6, 6.07) is 22.7. The van der Waals surface area contributed by atoms with E-state index in [1.54, 1.807) is 19.3 Å². The number of hydrogen-bond acceptors (Lipinski definition) is 18. The normalized spacial score (nSPS) is 11.7. The number of benzene rings is 1. The Hall–Kier alpha value is -3.80. The zero-order valence-corrected chi connectivity index (χ0v) is 36.7. The molecule has 58 heavy (non-hydrogen) atoms. The number of carbonyl (C=O) groups excluding carboxylic acids is 5. The van der Waals surface area contributed by atoms with Crippen molar-refractivity contribution in [3.05, 3.63) is 84.7 Å². The molecule has 19 heteroatoms. The lowest BCUT2D eigenvalue weighted by atomic mass is 10.1. The average Bonchev–Trinajstić information content (AvgIpc) is 3.24.